The number of carbonyl (C=O) groups is 2. The van der Waals surface area contributed by atoms with Crippen LogP contribution in [0.25, 0.3) is 0 Å². The van der Waals surface area contributed by atoms with Gasteiger partial charge in [-0.3, -0.25) is 9.59 Å². The van der Waals surface area contributed by atoms with Gasteiger partial charge in [0, 0.05) is 0 Å². The smallest absolute Gasteiger partial charge is 0.241 e. The third-order valence-corrected chi connectivity index (χ3v) is 3.43. The maximum absolute atomic E-state index is 12.4. The maximum atomic E-state index is 12.4. The van der Waals surface area contributed by atoms with Crippen LogP contribution in [0.5, 0.6) is 0 Å². The molecule has 1 aliphatic heterocycles. The van der Waals surface area contributed by atoms with Crippen molar-refractivity contribution in [2.75, 3.05) is 0 Å². The molecule has 3 nitrogen and oxygen atoms in total. The van der Waals surface area contributed by atoms with Gasteiger partial charge >= 0.3 is 0 Å². The predicted molar refractivity (Wildman–Crippen MR) is 74.8 cm³/mol. The van der Waals surface area contributed by atoms with Gasteiger partial charge in [-0.2, -0.15) is 0 Å². The monoisotopic (exact) mass is 255 g/mol. The third-order valence-electron chi connectivity index (χ3n) is 3.43. The number of nitrogens with zero attached hydrogens (tertiary/aromatic N) is 1. The van der Waals surface area contributed by atoms with E-state index in [-0.39, 0.29) is 23.7 Å². The Labute approximate surface area is 113 Å². The van der Waals surface area contributed by atoms with Crippen LogP contribution in [-0.4, -0.2) is 16.7 Å². The first kappa shape index (κ1) is 13.3. The van der Waals surface area contributed by atoms with Crippen molar-refractivity contribution in [3.63, 3.8) is 0 Å². The summed E-state index contributed by atoms with van der Waals surface area (Å²) in [6.45, 7) is 7.33. The lowest BCUT2D eigenvalue weighted by molar-refractivity contribution is -0.136. The predicted octanol–water partition coefficient (Wildman–Crippen LogP) is 2.75. The second-order valence-corrected chi connectivity index (χ2v) is 4.59. The molecule has 0 spiro atoms. The van der Waals surface area contributed by atoms with Gasteiger partial charge in [-0.1, -0.05) is 49.1 Å². The van der Waals surface area contributed by atoms with Crippen molar-refractivity contribution in [2.24, 2.45) is 11.8 Å². The minimum absolute atomic E-state index is 0.152. The van der Waals surface area contributed by atoms with E-state index in [1.165, 1.54) is 4.90 Å². The number of hydrogen-bond acceptors (Lipinski definition) is 2. The van der Waals surface area contributed by atoms with Gasteiger partial charge in [-0.05, 0) is 19.4 Å². The molecule has 1 heterocycles. The van der Waals surface area contributed by atoms with Gasteiger partial charge in [0.25, 0.3) is 0 Å². The molecule has 1 aliphatic carbocycles. The van der Waals surface area contributed by atoms with E-state index in [0.717, 1.165) is 5.57 Å². The fraction of sp³-hybridized carbons (Fsp3) is 0.250. The lowest BCUT2D eigenvalue weighted by Gasteiger charge is -2.18. The lowest BCUT2D eigenvalue weighted by Crippen LogP contribution is -2.30. The van der Waals surface area contributed by atoms with Crippen LogP contribution in [0.2, 0.25) is 0 Å². The summed E-state index contributed by atoms with van der Waals surface area (Å²) in [6, 6.07) is 0. The first-order chi connectivity index (χ1) is 9.11. The molecule has 1 saturated heterocycles. The van der Waals surface area contributed by atoms with E-state index in [1.807, 2.05) is 26.0 Å². The van der Waals surface area contributed by atoms with Crippen molar-refractivity contribution >= 4 is 11.8 Å². The highest BCUT2D eigenvalue weighted by molar-refractivity contribution is 6.09. The van der Waals surface area contributed by atoms with Gasteiger partial charge in [0.1, 0.15) is 0 Å². The Morgan fingerprint density at radius 2 is 1.74 bits per heavy atom. The quantitative estimate of drug-likeness (QED) is 0.574. The van der Waals surface area contributed by atoms with Crippen molar-refractivity contribution in [3.05, 3.63) is 60.4 Å². The summed E-state index contributed by atoms with van der Waals surface area (Å²) < 4.78 is 0. The van der Waals surface area contributed by atoms with Crippen molar-refractivity contribution in [3.8, 4) is 0 Å². The van der Waals surface area contributed by atoms with Crippen LogP contribution in [0.3, 0.4) is 0 Å². The van der Waals surface area contributed by atoms with E-state index in [9.17, 15) is 9.59 Å². The summed E-state index contributed by atoms with van der Waals surface area (Å²) >= 11 is 0. The molecule has 2 atom stereocenters. The van der Waals surface area contributed by atoms with Crippen LogP contribution in [0, 0.1) is 11.8 Å². The van der Waals surface area contributed by atoms with Gasteiger partial charge in [0.05, 0.1) is 17.5 Å². The number of rotatable bonds is 3. The molecule has 2 aliphatic rings. The topological polar surface area (TPSA) is 37.4 Å². The van der Waals surface area contributed by atoms with E-state index >= 15 is 0 Å². The highest BCUT2D eigenvalue weighted by Gasteiger charge is 2.46. The van der Waals surface area contributed by atoms with Crippen LogP contribution in [0.1, 0.15) is 13.8 Å². The summed E-state index contributed by atoms with van der Waals surface area (Å²) in [5.41, 5.74) is 1.50. The second-order valence-electron chi connectivity index (χ2n) is 4.59. The molecule has 98 valence electrons. The highest BCUT2D eigenvalue weighted by atomic mass is 16.2. The summed E-state index contributed by atoms with van der Waals surface area (Å²) in [4.78, 5) is 26.1. The summed E-state index contributed by atoms with van der Waals surface area (Å²) in [6.07, 6.45) is 12.5. The Morgan fingerprint density at radius 1 is 1.21 bits per heavy atom. The van der Waals surface area contributed by atoms with Gasteiger partial charge < -0.3 is 0 Å². The Morgan fingerprint density at radius 3 is 2.16 bits per heavy atom. The average Bonchev–Trinajstić information content (AvgIpc) is 2.66. The number of fused-ring (bicyclic) bond motifs is 1. The zero-order valence-electron chi connectivity index (χ0n) is 11.2. The third kappa shape index (κ3) is 2.12. The Bertz CT molecular complexity index is 519. The SMILES string of the molecule is C=C/C=C(C)\C(=C\C)N1C(=O)C2C=CC=CC2C1=O. The van der Waals surface area contributed by atoms with Crippen LogP contribution < -0.4 is 0 Å². The molecule has 0 bridgehead atoms. The van der Waals surface area contributed by atoms with Gasteiger partial charge in [-0.15, -0.1) is 0 Å². The molecule has 1 fully saturated rings. The molecular formula is C16H17NO2. The second kappa shape index (κ2) is 5.22. The molecular weight excluding hydrogens is 238 g/mol. The first-order valence-electron chi connectivity index (χ1n) is 6.30. The summed E-state index contributed by atoms with van der Waals surface area (Å²) in [5, 5.41) is 0. The van der Waals surface area contributed by atoms with E-state index in [1.54, 1.807) is 30.4 Å². The fourth-order valence-electron chi connectivity index (χ4n) is 2.52. The van der Waals surface area contributed by atoms with Crippen LogP contribution in [0.15, 0.2) is 60.4 Å². The fourth-order valence-corrected chi connectivity index (χ4v) is 2.52. The van der Waals surface area contributed by atoms with Crippen LogP contribution in [0.4, 0.5) is 0 Å². The van der Waals surface area contributed by atoms with E-state index in [4.69, 9.17) is 0 Å². The molecule has 0 radical (unpaired) electrons. The molecule has 0 aromatic carbocycles. The lowest BCUT2D eigenvalue weighted by atomic mass is 9.91. The molecule has 0 aromatic heterocycles. The van der Waals surface area contributed by atoms with E-state index in [2.05, 4.69) is 6.58 Å². The summed E-state index contributed by atoms with van der Waals surface area (Å²) in [5.74, 6) is -1.02. The number of amides is 2. The molecule has 0 aromatic rings. The molecule has 0 N–H and O–H groups in total. The van der Waals surface area contributed by atoms with Crippen molar-refractivity contribution in [1.82, 2.24) is 4.90 Å². The van der Waals surface area contributed by atoms with Crippen LogP contribution in [-0.2, 0) is 9.59 Å². The molecule has 2 rings (SSSR count). The van der Waals surface area contributed by atoms with Gasteiger partial charge in [0.2, 0.25) is 11.8 Å². The Kier molecular flexibility index (Phi) is 3.65. The highest BCUT2D eigenvalue weighted by Crippen LogP contribution is 2.34. The van der Waals surface area contributed by atoms with Crippen LogP contribution >= 0.6 is 0 Å². The van der Waals surface area contributed by atoms with E-state index in [0.29, 0.717) is 5.70 Å². The summed E-state index contributed by atoms with van der Waals surface area (Å²) in [7, 11) is 0. The number of allylic oxidation sites excluding steroid dienone is 6. The van der Waals surface area contributed by atoms with Gasteiger partial charge in [0.15, 0.2) is 0 Å². The zero-order valence-corrected chi connectivity index (χ0v) is 11.2. The van der Waals surface area contributed by atoms with Gasteiger partial charge in [-0.25, -0.2) is 4.90 Å². The first-order valence-corrected chi connectivity index (χ1v) is 6.30. The number of imide groups is 1. The molecule has 3 heteroatoms. The Balaban J connectivity index is 2.40. The van der Waals surface area contributed by atoms with Crippen molar-refractivity contribution < 1.29 is 9.59 Å². The number of carbonyl (C=O) groups excluding carboxylic acids is 2. The Hall–Kier alpha value is -2.16. The minimum atomic E-state index is -0.357. The number of likely N-dealkylation sites (tertiary alicyclic amines) is 1. The average molecular weight is 255 g/mol. The standard InChI is InChI=1S/C16H17NO2/c1-4-8-11(3)14(5-2)17-15(18)12-9-6-7-10-13(12)16(17)19/h4-10,12-13H,1H2,2-3H3/b11-8-,14-5-. The minimum Gasteiger partial charge on any atom is -0.273 e. The molecule has 0 saturated carbocycles. The van der Waals surface area contributed by atoms with E-state index < -0.39 is 0 Å². The molecule has 2 amide bonds. The molecule has 2 unspecified atom stereocenters. The normalized spacial score (nSPS) is 26.9. The van der Waals surface area contributed by atoms with Crippen molar-refractivity contribution in [1.29, 1.82) is 0 Å². The largest absolute Gasteiger partial charge is 0.273 e. The maximum Gasteiger partial charge on any atom is 0.241 e. The zero-order chi connectivity index (χ0) is 14.0. The molecule has 19 heavy (non-hydrogen) atoms. The number of hydrogen-bond donors (Lipinski definition) is 0. The van der Waals surface area contributed by atoms with Crippen molar-refractivity contribution in [2.45, 2.75) is 13.8 Å².